The van der Waals surface area contributed by atoms with E-state index in [9.17, 15) is 0 Å². The molecule has 0 aromatic carbocycles. The Kier molecular flexibility index (Phi) is 4.68. The molecule has 0 bridgehead atoms. The zero-order valence-electron chi connectivity index (χ0n) is 12.3. The van der Waals surface area contributed by atoms with Crippen LogP contribution in [0.5, 0.6) is 0 Å². The van der Waals surface area contributed by atoms with E-state index in [4.69, 9.17) is 9.47 Å². The molecule has 18 heavy (non-hydrogen) atoms. The van der Waals surface area contributed by atoms with Crippen molar-refractivity contribution in [2.75, 3.05) is 20.3 Å². The average Bonchev–Trinajstić information content (AvgIpc) is 2.71. The second-order valence-electron chi connectivity index (χ2n) is 6.72. The molecule has 1 heterocycles. The zero-order valence-corrected chi connectivity index (χ0v) is 12.3. The van der Waals surface area contributed by atoms with Gasteiger partial charge in [0, 0.05) is 19.2 Å². The van der Waals surface area contributed by atoms with Crippen LogP contribution in [0.15, 0.2) is 0 Å². The van der Waals surface area contributed by atoms with E-state index in [0.29, 0.717) is 6.10 Å². The van der Waals surface area contributed by atoms with Crippen LogP contribution in [-0.4, -0.2) is 37.5 Å². The van der Waals surface area contributed by atoms with Crippen molar-refractivity contribution < 1.29 is 9.47 Å². The van der Waals surface area contributed by atoms with E-state index in [1.54, 1.807) is 7.11 Å². The van der Waals surface area contributed by atoms with Gasteiger partial charge in [-0.2, -0.15) is 0 Å². The molecule has 1 aliphatic carbocycles. The van der Waals surface area contributed by atoms with E-state index >= 15 is 0 Å². The third-order valence-corrected chi connectivity index (χ3v) is 4.42. The Morgan fingerprint density at radius 3 is 2.61 bits per heavy atom. The molecule has 3 nitrogen and oxygen atoms in total. The summed E-state index contributed by atoms with van der Waals surface area (Å²) >= 11 is 0. The van der Waals surface area contributed by atoms with E-state index in [1.165, 1.54) is 44.9 Å². The molecular formula is C15H29NO2. The van der Waals surface area contributed by atoms with Gasteiger partial charge in [-0.25, -0.2) is 0 Å². The predicted octanol–water partition coefficient (Wildman–Crippen LogP) is 2.88. The van der Waals surface area contributed by atoms with Crippen LogP contribution < -0.4 is 5.32 Å². The van der Waals surface area contributed by atoms with E-state index in [2.05, 4.69) is 19.2 Å². The van der Waals surface area contributed by atoms with E-state index in [-0.39, 0.29) is 11.1 Å². The van der Waals surface area contributed by atoms with Gasteiger partial charge < -0.3 is 14.8 Å². The predicted molar refractivity (Wildman–Crippen MR) is 73.9 cm³/mol. The zero-order chi connectivity index (χ0) is 13.1. The molecule has 1 N–H and O–H groups in total. The lowest BCUT2D eigenvalue weighted by Crippen LogP contribution is -2.47. The standard InChI is InChI=1S/C15H29NO2/c1-14(2,12-17-3)16-11-13-7-10-15(18-13)8-5-4-6-9-15/h13,16H,4-12H2,1-3H3. The average molecular weight is 255 g/mol. The maximum absolute atomic E-state index is 6.36. The van der Waals surface area contributed by atoms with Gasteiger partial charge in [0.25, 0.3) is 0 Å². The second-order valence-corrected chi connectivity index (χ2v) is 6.72. The minimum atomic E-state index is 0.0421. The van der Waals surface area contributed by atoms with Gasteiger partial charge in [0.15, 0.2) is 0 Å². The maximum Gasteiger partial charge on any atom is 0.0708 e. The largest absolute Gasteiger partial charge is 0.383 e. The van der Waals surface area contributed by atoms with Gasteiger partial charge in [-0.15, -0.1) is 0 Å². The third kappa shape index (κ3) is 3.69. The number of ether oxygens (including phenoxy) is 2. The molecule has 0 aromatic heterocycles. The fourth-order valence-corrected chi connectivity index (χ4v) is 3.41. The Morgan fingerprint density at radius 1 is 1.22 bits per heavy atom. The van der Waals surface area contributed by atoms with Crippen LogP contribution in [0, 0.1) is 0 Å². The Morgan fingerprint density at radius 2 is 1.94 bits per heavy atom. The first kappa shape index (κ1) is 14.3. The molecule has 2 fully saturated rings. The smallest absolute Gasteiger partial charge is 0.0708 e. The first-order valence-corrected chi connectivity index (χ1v) is 7.47. The number of methoxy groups -OCH3 is 1. The van der Waals surface area contributed by atoms with Gasteiger partial charge in [0.2, 0.25) is 0 Å². The van der Waals surface area contributed by atoms with Crippen molar-refractivity contribution in [2.45, 2.75) is 76.0 Å². The molecule has 0 radical (unpaired) electrons. The summed E-state index contributed by atoms with van der Waals surface area (Å²) in [4.78, 5) is 0. The summed E-state index contributed by atoms with van der Waals surface area (Å²) in [5.41, 5.74) is 0.288. The first-order valence-electron chi connectivity index (χ1n) is 7.47. The first-order chi connectivity index (χ1) is 8.55. The summed E-state index contributed by atoms with van der Waals surface area (Å²) in [6.45, 7) is 6.06. The Hall–Kier alpha value is -0.120. The lowest BCUT2D eigenvalue weighted by Gasteiger charge is -2.34. The quantitative estimate of drug-likeness (QED) is 0.819. The molecule has 1 unspecified atom stereocenters. The van der Waals surface area contributed by atoms with E-state index < -0.39 is 0 Å². The second kappa shape index (κ2) is 5.89. The summed E-state index contributed by atoms with van der Waals surface area (Å²) in [7, 11) is 1.76. The fourth-order valence-electron chi connectivity index (χ4n) is 3.41. The number of hydrogen-bond acceptors (Lipinski definition) is 3. The van der Waals surface area contributed by atoms with Crippen molar-refractivity contribution in [1.82, 2.24) is 5.32 Å². The molecule has 2 rings (SSSR count). The summed E-state index contributed by atoms with van der Waals surface area (Å²) < 4.78 is 11.6. The van der Waals surface area contributed by atoms with Crippen LogP contribution in [0.3, 0.4) is 0 Å². The SMILES string of the molecule is COCC(C)(C)NCC1CCC2(CCCCC2)O1. The molecule has 1 atom stereocenters. The van der Waals surface area contributed by atoms with E-state index in [1.807, 2.05) is 0 Å². The van der Waals surface area contributed by atoms with Gasteiger partial charge in [-0.05, 0) is 39.5 Å². The van der Waals surface area contributed by atoms with Crippen LogP contribution in [-0.2, 0) is 9.47 Å². The summed E-state index contributed by atoms with van der Waals surface area (Å²) in [6, 6.07) is 0. The number of hydrogen-bond donors (Lipinski definition) is 1. The van der Waals surface area contributed by atoms with Crippen molar-refractivity contribution in [3.8, 4) is 0 Å². The lowest BCUT2D eigenvalue weighted by molar-refractivity contribution is -0.0645. The number of nitrogens with one attached hydrogen (secondary N) is 1. The summed E-state index contributed by atoms with van der Waals surface area (Å²) in [5.74, 6) is 0. The minimum absolute atomic E-state index is 0.0421. The highest BCUT2D eigenvalue weighted by Gasteiger charge is 2.40. The van der Waals surface area contributed by atoms with Crippen molar-refractivity contribution in [3.63, 3.8) is 0 Å². The molecule has 0 aromatic rings. The van der Waals surface area contributed by atoms with E-state index in [0.717, 1.165) is 13.2 Å². The Labute approximate surface area is 112 Å². The molecule has 2 aliphatic rings. The van der Waals surface area contributed by atoms with Crippen molar-refractivity contribution in [1.29, 1.82) is 0 Å². The van der Waals surface area contributed by atoms with Crippen molar-refractivity contribution >= 4 is 0 Å². The summed E-state index contributed by atoms with van der Waals surface area (Å²) in [5, 5.41) is 3.57. The van der Waals surface area contributed by atoms with Gasteiger partial charge in [-0.1, -0.05) is 19.3 Å². The topological polar surface area (TPSA) is 30.5 Å². The molecule has 3 heteroatoms. The molecule has 1 spiro atoms. The van der Waals surface area contributed by atoms with Crippen molar-refractivity contribution in [2.24, 2.45) is 0 Å². The van der Waals surface area contributed by atoms with Gasteiger partial charge in [-0.3, -0.25) is 0 Å². The highest BCUT2D eigenvalue weighted by atomic mass is 16.5. The highest BCUT2D eigenvalue weighted by molar-refractivity contribution is 4.92. The molecule has 1 saturated heterocycles. The monoisotopic (exact) mass is 255 g/mol. The lowest BCUT2D eigenvalue weighted by atomic mass is 9.83. The Balaban J connectivity index is 1.75. The van der Waals surface area contributed by atoms with Crippen LogP contribution in [0.25, 0.3) is 0 Å². The maximum atomic E-state index is 6.36. The molecule has 1 aliphatic heterocycles. The minimum Gasteiger partial charge on any atom is -0.383 e. The fraction of sp³-hybridized carbons (Fsp3) is 1.00. The normalized spacial score (nSPS) is 27.8. The number of rotatable bonds is 5. The van der Waals surface area contributed by atoms with Crippen LogP contribution in [0.2, 0.25) is 0 Å². The molecule has 106 valence electrons. The van der Waals surface area contributed by atoms with Crippen LogP contribution in [0.4, 0.5) is 0 Å². The molecular weight excluding hydrogens is 226 g/mol. The van der Waals surface area contributed by atoms with Gasteiger partial charge in [0.1, 0.15) is 0 Å². The van der Waals surface area contributed by atoms with Crippen molar-refractivity contribution in [3.05, 3.63) is 0 Å². The third-order valence-electron chi connectivity index (χ3n) is 4.42. The highest BCUT2D eigenvalue weighted by Crippen LogP contribution is 2.41. The Bertz CT molecular complexity index is 259. The molecule has 1 saturated carbocycles. The molecule has 0 amide bonds. The van der Waals surface area contributed by atoms with Crippen LogP contribution in [0.1, 0.15) is 58.8 Å². The van der Waals surface area contributed by atoms with Gasteiger partial charge in [0.05, 0.1) is 18.3 Å². The summed E-state index contributed by atoms with van der Waals surface area (Å²) in [6.07, 6.45) is 9.56. The van der Waals surface area contributed by atoms with Crippen LogP contribution >= 0.6 is 0 Å². The van der Waals surface area contributed by atoms with Gasteiger partial charge >= 0.3 is 0 Å².